The van der Waals surface area contributed by atoms with E-state index < -0.39 is 0 Å². The summed E-state index contributed by atoms with van der Waals surface area (Å²) in [4.78, 5) is 2.06. The number of anilines is 1. The zero-order valence-electron chi connectivity index (χ0n) is 12.8. The molecule has 0 heterocycles. The van der Waals surface area contributed by atoms with Crippen LogP contribution in [0, 0.1) is 19.7 Å². The average molecular weight is 286 g/mol. The summed E-state index contributed by atoms with van der Waals surface area (Å²) < 4.78 is 14.0. The fourth-order valence-corrected chi connectivity index (χ4v) is 2.40. The summed E-state index contributed by atoms with van der Waals surface area (Å²) in [6, 6.07) is 13.3. The molecule has 0 fully saturated rings. The lowest BCUT2D eigenvalue weighted by molar-refractivity contribution is 0.612. The SMILES string of the molecule is Cc1ccc(CN(CCCN)c2ccccc2F)cc1C. The first kappa shape index (κ1) is 15.5. The third kappa shape index (κ3) is 4.05. The van der Waals surface area contributed by atoms with E-state index in [4.69, 9.17) is 5.73 Å². The van der Waals surface area contributed by atoms with E-state index >= 15 is 0 Å². The lowest BCUT2D eigenvalue weighted by atomic mass is 10.1. The molecule has 0 saturated heterocycles. The van der Waals surface area contributed by atoms with Gasteiger partial charge in [-0.2, -0.15) is 0 Å². The van der Waals surface area contributed by atoms with Gasteiger partial charge in [0.25, 0.3) is 0 Å². The van der Waals surface area contributed by atoms with Crippen LogP contribution in [0.25, 0.3) is 0 Å². The second-order valence-electron chi connectivity index (χ2n) is 5.43. The summed E-state index contributed by atoms with van der Waals surface area (Å²) in [5.41, 5.74) is 9.99. The highest BCUT2D eigenvalue weighted by molar-refractivity contribution is 5.48. The van der Waals surface area contributed by atoms with E-state index in [0.29, 0.717) is 18.8 Å². The molecule has 2 N–H and O–H groups in total. The second kappa shape index (κ2) is 7.23. The number of halogens is 1. The van der Waals surface area contributed by atoms with Crippen LogP contribution in [0.5, 0.6) is 0 Å². The fourth-order valence-electron chi connectivity index (χ4n) is 2.40. The van der Waals surface area contributed by atoms with Crippen molar-refractivity contribution in [3.63, 3.8) is 0 Å². The molecule has 0 saturated carbocycles. The first-order valence-electron chi connectivity index (χ1n) is 7.37. The maximum atomic E-state index is 14.0. The lowest BCUT2D eigenvalue weighted by Gasteiger charge is -2.25. The maximum Gasteiger partial charge on any atom is 0.146 e. The van der Waals surface area contributed by atoms with Gasteiger partial charge in [0, 0.05) is 13.1 Å². The van der Waals surface area contributed by atoms with Crippen molar-refractivity contribution in [3.05, 3.63) is 65.0 Å². The molecule has 0 aromatic heterocycles. The number of benzene rings is 2. The summed E-state index contributed by atoms with van der Waals surface area (Å²) in [6.45, 7) is 6.26. The summed E-state index contributed by atoms with van der Waals surface area (Å²) in [5.74, 6) is -0.182. The molecule has 2 rings (SSSR count). The quantitative estimate of drug-likeness (QED) is 0.875. The van der Waals surface area contributed by atoms with Crippen molar-refractivity contribution >= 4 is 5.69 Å². The second-order valence-corrected chi connectivity index (χ2v) is 5.43. The van der Waals surface area contributed by atoms with Crippen molar-refractivity contribution in [3.8, 4) is 0 Å². The zero-order valence-corrected chi connectivity index (χ0v) is 12.8. The predicted molar refractivity (Wildman–Crippen MR) is 87.0 cm³/mol. The Morgan fingerprint density at radius 1 is 1.05 bits per heavy atom. The van der Waals surface area contributed by atoms with Gasteiger partial charge in [0.05, 0.1) is 5.69 Å². The predicted octanol–water partition coefficient (Wildman–Crippen LogP) is 3.80. The van der Waals surface area contributed by atoms with Gasteiger partial charge in [-0.1, -0.05) is 30.3 Å². The zero-order chi connectivity index (χ0) is 15.2. The number of nitrogens with two attached hydrogens (primary N) is 1. The molecule has 21 heavy (non-hydrogen) atoms. The highest BCUT2D eigenvalue weighted by atomic mass is 19.1. The number of nitrogens with zero attached hydrogens (tertiary/aromatic N) is 1. The van der Waals surface area contributed by atoms with Crippen molar-refractivity contribution in [2.45, 2.75) is 26.8 Å². The van der Waals surface area contributed by atoms with E-state index in [9.17, 15) is 4.39 Å². The molecule has 0 bridgehead atoms. The van der Waals surface area contributed by atoms with Crippen LogP contribution < -0.4 is 10.6 Å². The van der Waals surface area contributed by atoms with Crippen molar-refractivity contribution in [1.29, 1.82) is 0 Å². The van der Waals surface area contributed by atoms with Gasteiger partial charge in [-0.3, -0.25) is 0 Å². The molecule has 2 aromatic carbocycles. The molecule has 112 valence electrons. The average Bonchev–Trinajstić information content (AvgIpc) is 2.48. The van der Waals surface area contributed by atoms with Crippen molar-refractivity contribution in [2.75, 3.05) is 18.0 Å². The van der Waals surface area contributed by atoms with Gasteiger partial charge in [-0.15, -0.1) is 0 Å². The number of aryl methyl sites for hydroxylation is 2. The Kier molecular flexibility index (Phi) is 5.34. The van der Waals surface area contributed by atoms with Crippen molar-refractivity contribution in [1.82, 2.24) is 0 Å². The molecule has 0 unspecified atom stereocenters. The van der Waals surface area contributed by atoms with Crippen LogP contribution in [-0.2, 0) is 6.54 Å². The Bertz CT molecular complexity index is 596. The van der Waals surface area contributed by atoms with Crippen LogP contribution in [0.15, 0.2) is 42.5 Å². The summed E-state index contributed by atoms with van der Waals surface area (Å²) >= 11 is 0. The molecule has 0 amide bonds. The molecule has 0 aliphatic heterocycles. The summed E-state index contributed by atoms with van der Waals surface area (Å²) in [5, 5.41) is 0. The number of para-hydroxylation sites is 1. The molecular weight excluding hydrogens is 263 g/mol. The molecule has 0 radical (unpaired) electrons. The van der Waals surface area contributed by atoms with Gasteiger partial charge in [0.1, 0.15) is 5.82 Å². The standard InChI is InChI=1S/C18H23FN2/c1-14-8-9-16(12-15(14)2)13-21(11-5-10-20)18-7-4-3-6-17(18)19/h3-4,6-9,12H,5,10-11,13,20H2,1-2H3. The first-order valence-corrected chi connectivity index (χ1v) is 7.37. The van der Waals surface area contributed by atoms with Gasteiger partial charge >= 0.3 is 0 Å². The van der Waals surface area contributed by atoms with Gasteiger partial charge in [-0.25, -0.2) is 4.39 Å². The molecule has 0 aliphatic rings. The topological polar surface area (TPSA) is 29.3 Å². The Hall–Kier alpha value is -1.87. The number of hydrogen-bond acceptors (Lipinski definition) is 2. The van der Waals surface area contributed by atoms with Crippen LogP contribution >= 0.6 is 0 Å². The third-order valence-corrected chi connectivity index (χ3v) is 3.77. The molecule has 2 aromatic rings. The number of hydrogen-bond donors (Lipinski definition) is 1. The molecule has 0 spiro atoms. The van der Waals surface area contributed by atoms with Gasteiger partial charge in [0.15, 0.2) is 0 Å². The molecular formula is C18H23FN2. The molecule has 0 atom stereocenters. The van der Waals surface area contributed by atoms with Gasteiger partial charge < -0.3 is 10.6 Å². The Balaban J connectivity index is 2.24. The molecule has 0 aliphatic carbocycles. The van der Waals surface area contributed by atoms with E-state index in [1.807, 2.05) is 12.1 Å². The largest absolute Gasteiger partial charge is 0.365 e. The Labute approximate surface area is 126 Å². The minimum absolute atomic E-state index is 0.182. The highest BCUT2D eigenvalue weighted by Crippen LogP contribution is 2.22. The Morgan fingerprint density at radius 2 is 1.81 bits per heavy atom. The number of rotatable bonds is 6. The van der Waals surface area contributed by atoms with Crippen LogP contribution in [0.2, 0.25) is 0 Å². The van der Waals surface area contributed by atoms with Crippen molar-refractivity contribution in [2.24, 2.45) is 5.73 Å². The molecule has 2 nitrogen and oxygen atoms in total. The van der Waals surface area contributed by atoms with Crippen LogP contribution in [0.3, 0.4) is 0 Å². The first-order chi connectivity index (χ1) is 10.1. The van der Waals surface area contributed by atoms with E-state index in [1.165, 1.54) is 22.8 Å². The van der Waals surface area contributed by atoms with E-state index in [1.54, 1.807) is 6.07 Å². The Morgan fingerprint density at radius 3 is 2.48 bits per heavy atom. The fraction of sp³-hybridized carbons (Fsp3) is 0.333. The lowest BCUT2D eigenvalue weighted by Crippen LogP contribution is -2.26. The minimum Gasteiger partial charge on any atom is -0.365 e. The van der Waals surface area contributed by atoms with Gasteiger partial charge in [-0.05, 0) is 55.6 Å². The summed E-state index contributed by atoms with van der Waals surface area (Å²) in [7, 11) is 0. The minimum atomic E-state index is -0.182. The summed E-state index contributed by atoms with van der Waals surface area (Å²) in [6.07, 6.45) is 0.846. The smallest absolute Gasteiger partial charge is 0.146 e. The van der Waals surface area contributed by atoms with Crippen LogP contribution in [0.4, 0.5) is 10.1 Å². The van der Waals surface area contributed by atoms with E-state index in [0.717, 1.165) is 13.0 Å². The van der Waals surface area contributed by atoms with E-state index in [-0.39, 0.29) is 5.82 Å². The maximum absolute atomic E-state index is 14.0. The molecule has 3 heteroatoms. The highest BCUT2D eigenvalue weighted by Gasteiger charge is 2.11. The monoisotopic (exact) mass is 286 g/mol. The van der Waals surface area contributed by atoms with Gasteiger partial charge in [0.2, 0.25) is 0 Å². The van der Waals surface area contributed by atoms with Crippen LogP contribution in [0.1, 0.15) is 23.1 Å². The van der Waals surface area contributed by atoms with Crippen molar-refractivity contribution < 1.29 is 4.39 Å². The van der Waals surface area contributed by atoms with E-state index in [2.05, 4.69) is 36.9 Å². The van der Waals surface area contributed by atoms with Crippen LogP contribution in [-0.4, -0.2) is 13.1 Å². The third-order valence-electron chi connectivity index (χ3n) is 3.77. The normalized spacial score (nSPS) is 10.7.